The molecule has 0 aromatic heterocycles. The average molecular weight is 475 g/mol. The Hall–Kier alpha value is -1.13. The third kappa shape index (κ3) is 16.5. The number of unbranched alkanes of at least 4 members (excludes halogenated alkanes) is 2. The van der Waals surface area contributed by atoms with Crippen LogP contribution in [0.1, 0.15) is 65.2 Å². The first-order valence-electron chi connectivity index (χ1n) is 11.9. The van der Waals surface area contributed by atoms with Gasteiger partial charge in [0.2, 0.25) is 0 Å². The molecular weight excluding hydrogens is 432 g/mol. The lowest BCUT2D eigenvalue weighted by molar-refractivity contribution is -0.119. The van der Waals surface area contributed by atoms with E-state index in [1.165, 1.54) is 0 Å². The second kappa shape index (κ2) is 19.3. The molecule has 0 radical (unpaired) electrons. The minimum absolute atomic E-state index is 0.130. The minimum Gasteiger partial charge on any atom is -0.379 e. The Balaban J connectivity index is 1.75. The number of hydrogen-bond donors (Lipinski definition) is 2. The van der Waals surface area contributed by atoms with E-state index in [-0.39, 0.29) is 5.78 Å². The van der Waals surface area contributed by atoms with Crippen LogP contribution in [0.25, 0.3) is 0 Å². The van der Waals surface area contributed by atoms with E-state index in [9.17, 15) is 9.59 Å². The van der Waals surface area contributed by atoms with Crippen LogP contribution in [0.3, 0.4) is 0 Å². The number of nitrogens with one attached hydrogen (secondary N) is 2. The van der Waals surface area contributed by atoms with Crippen LogP contribution in [0.15, 0.2) is 0 Å². The molecule has 2 atom stereocenters. The number of hydrogen-bond acceptors (Lipinski definition) is 7. The molecule has 9 heteroatoms. The number of ketones is 2. The molecule has 0 unspecified atom stereocenters. The molecule has 0 spiro atoms. The topological polar surface area (TPSA) is 95.1 Å². The Kier molecular flexibility index (Phi) is 17.5. The van der Waals surface area contributed by atoms with Crippen molar-refractivity contribution in [2.45, 2.75) is 77.3 Å². The zero-order valence-electron chi connectivity index (χ0n) is 19.8. The predicted octanol–water partition coefficient (Wildman–Crippen LogP) is 2.57. The molecule has 1 aliphatic heterocycles. The van der Waals surface area contributed by atoms with E-state index in [4.69, 9.17) is 31.2 Å². The van der Waals surface area contributed by atoms with Crippen molar-refractivity contribution in [3.05, 3.63) is 0 Å². The molecule has 0 amide bonds. The third-order valence-corrected chi connectivity index (χ3v) is 5.44. The third-order valence-electron chi connectivity index (χ3n) is 5.21. The molecule has 1 saturated heterocycles. The van der Waals surface area contributed by atoms with Crippen molar-refractivity contribution in [1.82, 2.24) is 10.6 Å². The molecular formula is C23H42N2O6S. The minimum atomic E-state index is 0.130. The van der Waals surface area contributed by atoms with E-state index in [0.29, 0.717) is 90.0 Å². The maximum Gasteiger partial charge on any atom is 0.166 e. The van der Waals surface area contributed by atoms with Crippen LogP contribution in [-0.2, 0) is 28.5 Å². The summed E-state index contributed by atoms with van der Waals surface area (Å²) in [4.78, 5) is 22.7. The summed E-state index contributed by atoms with van der Waals surface area (Å²) < 4.78 is 21.6. The second-order valence-corrected chi connectivity index (χ2v) is 8.56. The quantitative estimate of drug-likeness (QED) is 0.181. The van der Waals surface area contributed by atoms with Crippen LogP contribution in [0.2, 0.25) is 0 Å². The molecule has 0 bridgehead atoms. The van der Waals surface area contributed by atoms with E-state index in [0.717, 1.165) is 37.2 Å². The first kappa shape index (κ1) is 28.9. The van der Waals surface area contributed by atoms with Crippen molar-refractivity contribution < 1.29 is 28.5 Å². The number of Topliss-reactive ketones (excluding diaryl/α,β-unsaturated/α-hetero) is 2. The number of carbonyl (C=O) groups excluding carboxylic acids is 2. The van der Waals surface area contributed by atoms with Crippen LogP contribution in [0, 0.1) is 0 Å². The van der Waals surface area contributed by atoms with Crippen LogP contribution in [0.4, 0.5) is 0 Å². The largest absolute Gasteiger partial charge is 0.379 e. The van der Waals surface area contributed by atoms with Crippen molar-refractivity contribution in [3.63, 3.8) is 0 Å². The number of ether oxygens (including phenoxy) is 4. The van der Waals surface area contributed by atoms with Gasteiger partial charge in [-0.1, -0.05) is 12.8 Å². The Morgan fingerprint density at radius 3 is 1.88 bits per heavy atom. The fraction of sp³-hybridized carbons (Fsp3) is 0.870. The summed E-state index contributed by atoms with van der Waals surface area (Å²) in [5.41, 5.74) is 0. The highest BCUT2D eigenvalue weighted by Gasteiger charge is 2.24. The van der Waals surface area contributed by atoms with Crippen LogP contribution < -0.4 is 10.6 Å². The summed E-state index contributed by atoms with van der Waals surface area (Å²) in [6.07, 6.45) is 6.69. The summed E-state index contributed by atoms with van der Waals surface area (Å²) in [6, 6.07) is 0.800. The highest BCUT2D eigenvalue weighted by molar-refractivity contribution is 7.80. The average Bonchev–Trinajstić information content (AvgIpc) is 3.07. The molecule has 0 saturated carbocycles. The summed E-state index contributed by atoms with van der Waals surface area (Å²) in [5, 5.41) is 7.26. The van der Waals surface area contributed by atoms with Crippen molar-refractivity contribution in [1.29, 1.82) is 0 Å². The second-order valence-electron chi connectivity index (χ2n) is 8.16. The zero-order valence-corrected chi connectivity index (χ0v) is 20.6. The first-order valence-corrected chi connectivity index (χ1v) is 12.3. The first-order chi connectivity index (χ1) is 15.5. The van der Waals surface area contributed by atoms with Crippen molar-refractivity contribution >= 4 is 28.9 Å². The summed E-state index contributed by atoms with van der Waals surface area (Å²) in [5.74, 6) is 0.452. The fourth-order valence-electron chi connectivity index (χ4n) is 3.30. The van der Waals surface area contributed by atoms with E-state index >= 15 is 0 Å². The maximum absolute atomic E-state index is 11.9. The number of rotatable bonds is 22. The Morgan fingerprint density at radius 2 is 1.31 bits per heavy atom. The predicted molar refractivity (Wildman–Crippen MR) is 128 cm³/mol. The lowest BCUT2D eigenvalue weighted by atomic mass is 10.0. The van der Waals surface area contributed by atoms with Gasteiger partial charge < -0.3 is 29.6 Å². The zero-order chi connectivity index (χ0) is 23.4. The molecule has 0 aromatic rings. The smallest absolute Gasteiger partial charge is 0.166 e. The molecule has 0 aromatic carbocycles. The standard InChI is InChI=1S/C23H42N2O6S/c1-19(26)10-12-29-14-16-31-18-17-30-15-13-28-11-6-8-21(27)7-4-3-5-9-22-20(2)24-23(32)25-22/h20,22H,3-18H2,1-2H3,(H2,24,25,32)/t20-,22+/m0/s1. The van der Waals surface area contributed by atoms with E-state index < -0.39 is 0 Å². The Bertz CT molecular complexity index is 535. The Labute approximate surface area is 198 Å². The van der Waals surface area contributed by atoms with E-state index in [1.54, 1.807) is 6.92 Å². The van der Waals surface area contributed by atoms with Gasteiger partial charge in [-0.25, -0.2) is 0 Å². The van der Waals surface area contributed by atoms with Gasteiger partial charge in [0, 0.05) is 38.0 Å². The molecule has 1 rings (SSSR count). The van der Waals surface area contributed by atoms with Gasteiger partial charge in [-0.15, -0.1) is 0 Å². The molecule has 186 valence electrons. The lowest BCUT2D eigenvalue weighted by Crippen LogP contribution is -2.30. The van der Waals surface area contributed by atoms with Gasteiger partial charge in [-0.3, -0.25) is 9.59 Å². The highest BCUT2D eigenvalue weighted by atomic mass is 32.1. The van der Waals surface area contributed by atoms with Gasteiger partial charge in [0.1, 0.15) is 11.6 Å². The van der Waals surface area contributed by atoms with E-state index in [2.05, 4.69) is 17.6 Å². The van der Waals surface area contributed by atoms with Gasteiger partial charge >= 0.3 is 0 Å². The summed E-state index contributed by atoms with van der Waals surface area (Å²) in [7, 11) is 0. The monoisotopic (exact) mass is 474 g/mol. The van der Waals surface area contributed by atoms with E-state index in [1.807, 2.05) is 0 Å². The SMILES string of the molecule is CC(=O)CCOCCOCCOCCOCCCC(=O)CCCCC[C@H]1NC(=S)N[C@H]1C. The lowest BCUT2D eigenvalue weighted by Gasteiger charge is -2.13. The normalized spacial score (nSPS) is 17.9. The van der Waals surface area contributed by atoms with Gasteiger partial charge in [-0.05, 0) is 45.3 Å². The van der Waals surface area contributed by atoms with Crippen LogP contribution in [0.5, 0.6) is 0 Å². The number of carbonyl (C=O) groups is 2. The van der Waals surface area contributed by atoms with Crippen molar-refractivity contribution in [3.8, 4) is 0 Å². The van der Waals surface area contributed by atoms with Gasteiger partial charge in [0.25, 0.3) is 0 Å². The number of thiocarbonyl (C=S) groups is 1. The van der Waals surface area contributed by atoms with Crippen LogP contribution in [-0.4, -0.2) is 81.6 Å². The molecule has 32 heavy (non-hydrogen) atoms. The molecule has 1 heterocycles. The van der Waals surface area contributed by atoms with Crippen molar-refractivity contribution in [2.24, 2.45) is 0 Å². The van der Waals surface area contributed by atoms with Gasteiger partial charge in [-0.2, -0.15) is 0 Å². The molecule has 1 aliphatic rings. The highest BCUT2D eigenvalue weighted by Crippen LogP contribution is 2.12. The Morgan fingerprint density at radius 1 is 0.750 bits per heavy atom. The van der Waals surface area contributed by atoms with Gasteiger partial charge in [0.15, 0.2) is 5.11 Å². The maximum atomic E-state index is 11.9. The fourth-order valence-corrected chi connectivity index (χ4v) is 3.64. The van der Waals surface area contributed by atoms with Crippen molar-refractivity contribution in [2.75, 3.05) is 52.9 Å². The summed E-state index contributed by atoms with van der Waals surface area (Å²) >= 11 is 5.12. The molecule has 0 aliphatic carbocycles. The molecule has 2 N–H and O–H groups in total. The molecule has 1 fully saturated rings. The summed E-state index contributed by atoms with van der Waals surface area (Å²) in [6.45, 7) is 7.76. The van der Waals surface area contributed by atoms with Gasteiger partial charge in [0.05, 0.1) is 46.2 Å². The molecule has 8 nitrogen and oxygen atoms in total. The van der Waals surface area contributed by atoms with Crippen LogP contribution >= 0.6 is 12.2 Å².